The molecule has 4 N–H and O–H groups in total. The number of primary amides is 1. The fourth-order valence-corrected chi connectivity index (χ4v) is 2.14. The number of urea groups is 1. The highest BCUT2D eigenvalue weighted by atomic mass is 35.5. The van der Waals surface area contributed by atoms with Crippen LogP contribution >= 0.6 is 23.2 Å². The molecular formula is C15H13Cl2N3O3. The monoisotopic (exact) mass is 353 g/mol. The molecule has 0 saturated carbocycles. The Balaban J connectivity index is 2.12. The molecule has 0 atom stereocenters. The third-order valence-electron chi connectivity index (χ3n) is 2.90. The summed E-state index contributed by atoms with van der Waals surface area (Å²) in [4.78, 5) is 23.3. The van der Waals surface area contributed by atoms with E-state index in [1.165, 1.54) is 25.3 Å². The lowest BCUT2D eigenvalue weighted by molar-refractivity contribution is 0.0997. The summed E-state index contributed by atoms with van der Waals surface area (Å²) in [6, 6.07) is 8.73. The van der Waals surface area contributed by atoms with Gasteiger partial charge in [0.2, 0.25) is 0 Å². The molecule has 0 spiro atoms. The zero-order valence-electron chi connectivity index (χ0n) is 12.0. The van der Waals surface area contributed by atoms with Crippen molar-refractivity contribution >= 4 is 46.5 Å². The molecule has 0 bridgehead atoms. The Labute approximate surface area is 142 Å². The van der Waals surface area contributed by atoms with E-state index in [0.29, 0.717) is 27.2 Å². The van der Waals surface area contributed by atoms with Crippen molar-refractivity contribution in [3.8, 4) is 5.75 Å². The second-order valence-corrected chi connectivity index (χ2v) is 5.30. The fourth-order valence-electron chi connectivity index (χ4n) is 1.85. The molecule has 23 heavy (non-hydrogen) atoms. The first-order valence-electron chi connectivity index (χ1n) is 6.41. The molecule has 8 heteroatoms. The summed E-state index contributed by atoms with van der Waals surface area (Å²) in [5.74, 6) is -0.330. The number of ether oxygens (including phenoxy) is 1. The number of rotatable bonds is 4. The second-order valence-electron chi connectivity index (χ2n) is 4.49. The average molecular weight is 354 g/mol. The topological polar surface area (TPSA) is 93.4 Å². The van der Waals surface area contributed by atoms with Gasteiger partial charge in [-0.05, 0) is 36.4 Å². The minimum absolute atomic E-state index is 0.167. The van der Waals surface area contributed by atoms with Crippen molar-refractivity contribution < 1.29 is 14.3 Å². The molecule has 2 aromatic carbocycles. The van der Waals surface area contributed by atoms with Crippen LogP contribution in [0.2, 0.25) is 10.0 Å². The minimum Gasteiger partial charge on any atom is -0.496 e. The van der Waals surface area contributed by atoms with Crippen molar-refractivity contribution in [2.75, 3.05) is 17.7 Å². The van der Waals surface area contributed by atoms with Crippen molar-refractivity contribution in [1.82, 2.24) is 0 Å². The van der Waals surface area contributed by atoms with Gasteiger partial charge >= 0.3 is 6.03 Å². The number of nitrogens with one attached hydrogen (secondary N) is 2. The summed E-state index contributed by atoms with van der Waals surface area (Å²) >= 11 is 11.7. The number of benzene rings is 2. The predicted molar refractivity (Wildman–Crippen MR) is 90.6 cm³/mol. The van der Waals surface area contributed by atoms with E-state index in [1.54, 1.807) is 18.2 Å². The molecule has 0 aliphatic rings. The Morgan fingerprint density at radius 1 is 1.00 bits per heavy atom. The quantitative estimate of drug-likeness (QED) is 0.781. The predicted octanol–water partition coefficient (Wildman–Crippen LogP) is 3.74. The highest BCUT2D eigenvalue weighted by molar-refractivity contribution is 6.42. The number of hydrogen-bond acceptors (Lipinski definition) is 3. The number of halogens is 2. The van der Waals surface area contributed by atoms with E-state index in [9.17, 15) is 9.59 Å². The van der Waals surface area contributed by atoms with Crippen LogP contribution in [0.4, 0.5) is 16.2 Å². The van der Waals surface area contributed by atoms with Gasteiger partial charge in [-0.15, -0.1) is 0 Å². The highest BCUT2D eigenvalue weighted by Crippen LogP contribution is 2.25. The molecule has 6 nitrogen and oxygen atoms in total. The number of carbonyl (C=O) groups excluding carboxylic acids is 2. The largest absolute Gasteiger partial charge is 0.496 e. The normalized spacial score (nSPS) is 10.0. The van der Waals surface area contributed by atoms with E-state index in [2.05, 4.69) is 10.6 Å². The molecule has 2 aromatic rings. The minimum atomic E-state index is -0.657. The van der Waals surface area contributed by atoms with Crippen LogP contribution < -0.4 is 21.1 Å². The Hall–Kier alpha value is -2.44. The Morgan fingerprint density at radius 2 is 1.61 bits per heavy atom. The first-order chi connectivity index (χ1) is 10.9. The molecule has 0 saturated heterocycles. The van der Waals surface area contributed by atoms with Gasteiger partial charge in [0.05, 0.1) is 22.7 Å². The van der Waals surface area contributed by atoms with Gasteiger partial charge in [-0.25, -0.2) is 4.79 Å². The van der Waals surface area contributed by atoms with Crippen molar-refractivity contribution in [1.29, 1.82) is 0 Å². The van der Waals surface area contributed by atoms with Crippen LogP contribution in [0.5, 0.6) is 5.75 Å². The zero-order valence-corrected chi connectivity index (χ0v) is 13.5. The molecule has 0 heterocycles. The van der Waals surface area contributed by atoms with E-state index in [0.717, 1.165) is 0 Å². The molecule has 0 aliphatic heterocycles. The highest BCUT2D eigenvalue weighted by Gasteiger charge is 2.11. The fraction of sp³-hybridized carbons (Fsp3) is 0.0667. The molecule has 120 valence electrons. The zero-order chi connectivity index (χ0) is 17.0. The average Bonchev–Trinajstić information content (AvgIpc) is 2.50. The third-order valence-corrected chi connectivity index (χ3v) is 3.64. The number of anilines is 2. The molecular weight excluding hydrogens is 341 g/mol. The smallest absolute Gasteiger partial charge is 0.323 e. The molecule has 0 aliphatic carbocycles. The van der Waals surface area contributed by atoms with Crippen LogP contribution in [-0.4, -0.2) is 19.0 Å². The first kappa shape index (κ1) is 16.9. The number of amides is 3. The van der Waals surface area contributed by atoms with Gasteiger partial charge < -0.3 is 21.1 Å². The Bertz CT molecular complexity index is 766. The number of hydrogen-bond donors (Lipinski definition) is 3. The van der Waals surface area contributed by atoms with E-state index in [-0.39, 0.29) is 5.56 Å². The van der Waals surface area contributed by atoms with Gasteiger partial charge in [-0.2, -0.15) is 0 Å². The molecule has 0 radical (unpaired) electrons. The van der Waals surface area contributed by atoms with E-state index in [4.69, 9.17) is 33.7 Å². The Morgan fingerprint density at radius 3 is 2.17 bits per heavy atom. The number of carbonyl (C=O) groups is 2. The van der Waals surface area contributed by atoms with Gasteiger partial charge in [0.1, 0.15) is 5.75 Å². The lowest BCUT2D eigenvalue weighted by Crippen LogP contribution is -2.20. The molecule has 0 fully saturated rings. The summed E-state index contributed by atoms with van der Waals surface area (Å²) < 4.78 is 5.03. The summed E-state index contributed by atoms with van der Waals surface area (Å²) in [6.45, 7) is 0. The van der Waals surface area contributed by atoms with E-state index < -0.39 is 11.9 Å². The molecule has 0 aromatic heterocycles. The lowest BCUT2D eigenvalue weighted by Gasteiger charge is -2.11. The SMILES string of the molecule is COc1ccc(NC(=O)Nc2ccc(Cl)c(Cl)c2)cc1C(N)=O. The maximum absolute atomic E-state index is 12.0. The van der Waals surface area contributed by atoms with Gasteiger partial charge in [-0.1, -0.05) is 23.2 Å². The van der Waals surface area contributed by atoms with Crippen molar-refractivity contribution in [2.24, 2.45) is 5.73 Å². The molecule has 0 unspecified atom stereocenters. The van der Waals surface area contributed by atoms with Gasteiger partial charge in [0.25, 0.3) is 5.91 Å². The van der Waals surface area contributed by atoms with Crippen LogP contribution in [0.3, 0.4) is 0 Å². The van der Waals surface area contributed by atoms with Crippen molar-refractivity contribution in [3.05, 3.63) is 52.0 Å². The van der Waals surface area contributed by atoms with E-state index >= 15 is 0 Å². The summed E-state index contributed by atoms with van der Waals surface area (Å²) in [5, 5.41) is 5.89. The van der Waals surface area contributed by atoms with Crippen LogP contribution in [0.1, 0.15) is 10.4 Å². The summed E-state index contributed by atoms with van der Waals surface area (Å²) in [7, 11) is 1.42. The standard InChI is InChI=1S/C15H13Cl2N3O3/c1-23-13-5-3-8(6-10(13)14(18)21)19-15(22)20-9-2-4-11(16)12(17)7-9/h2-7H,1H3,(H2,18,21)(H2,19,20,22). The van der Waals surface area contributed by atoms with Crippen LogP contribution in [0.15, 0.2) is 36.4 Å². The molecule has 2 rings (SSSR count). The van der Waals surface area contributed by atoms with Crippen LogP contribution in [0, 0.1) is 0 Å². The number of nitrogens with two attached hydrogens (primary N) is 1. The lowest BCUT2D eigenvalue weighted by atomic mass is 10.1. The van der Waals surface area contributed by atoms with Gasteiger partial charge in [0.15, 0.2) is 0 Å². The van der Waals surface area contributed by atoms with Crippen molar-refractivity contribution in [3.63, 3.8) is 0 Å². The van der Waals surface area contributed by atoms with Gasteiger partial charge in [0, 0.05) is 11.4 Å². The van der Waals surface area contributed by atoms with Crippen LogP contribution in [0.25, 0.3) is 0 Å². The third kappa shape index (κ3) is 4.28. The Kier molecular flexibility index (Phi) is 5.31. The summed E-state index contributed by atoms with van der Waals surface area (Å²) in [5.41, 5.74) is 6.30. The molecule has 3 amide bonds. The van der Waals surface area contributed by atoms with E-state index in [1.807, 2.05) is 0 Å². The van der Waals surface area contributed by atoms with Crippen LogP contribution in [-0.2, 0) is 0 Å². The second kappa shape index (κ2) is 7.21. The van der Waals surface area contributed by atoms with Gasteiger partial charge in [-0.3, -0.25) is 4.79 Å². The van der Waals surface area contributed by atoms with Crippen molar-refractivity contribution in [2.45, 2.75) is 0 Å². The first-order valence-corrected chi connectivity index (χ1v) is 7.17. The maximum Gasteiger partial charge on any atom is 0.323 e. The maximum atomic E-state index is 12.0. The number of methoxy groups -OCH3 is 1. The summed E-state index contributed by atoms with van der Waals surface area (Å²) in [6.07, 6.45) is 0.